The van der Waals surface area contributed by atoms with Crippen molar-refractivity contribution in [2.75, 3.05) is 14.2 Å². The molecule has 90 valence electrons. The number of ether oxygens (including phenoxy) is 2. The Morgan fingerprint density at radius 2 is 2.00 bits per heavy atom. The second-order valence-electron chi connectivity index (χ2n) is 3.61. The molecule has 1 aromatic carbocycles. The van der Waals surface area contributed by atoms with Crippen LogP contribution in [0.3, 0.4) is 0 Å². The third-order valence-corrected chi connectivity index (χ3v) is 2.63. The van der Waals surface area contributed by atoms with Crippen LogP contribution in [0, 0.1) is 0 Å². The second-order valence-corrected chi connectivity index (χ2v) is 3.61. The van der Waals surface area contributed by atoms with Gasteiger partial charge in [0.2, 0.25) is 0 Å². The predicted octanol–water partition coefficient (Wildman–Crippen LogP) is 1.47. The van der Waals surface area contributed by atoms with E-state index in [9.17, 15) is 5.11 Å². The van der Waals surface area contributed by atoms with Crippen LogP contribution >= 0.6 is 0 Å². The van der Waals surface area contributed by atoms with Crippen LogP contribution < -0.4 is 15.2 Å². The Labute approximate surface area is 96.0 Å². The molecule has 1 rings (SSSR count). The quantitative estimate of drug-likeness (QED) is 0.796. The Morgan fingerprint density at radius 1 is 1.31 bits per heavy atom. The molecule has 0 aromatic heterocycles. The molecule has 16 heavy (non-hydrogen) atoms. The minimum Gasteiger partial charge on any atom is -0.497 e. The zero-order valence-corrected chi connectivity index (χ0v) is 9.93. The van der Waals surface area contributed by atoms with E-state index in [0.29, 0.717) is 17.9 Å². The van der Waals surface area contributed by atoms with Crippen molar-refractivity contribution < 1.29 is 14.6 Å². The molecule has 0 unspecified atom stereocenters. The average molecular weight is 225 g/mol. The molecule has 3 N–H and O–H groups in total. The highest BCUT2D eigenvalue weighted by atomic mass is 16.5. The molecule has 1 aromatic rings. The summed E-state index contributed by atoms with van der Waals surface area (Å²) in [6.45, 7) is 1.89. The van der Waals surface area contributed by atoms with Gasteiger partial charge in [0.05, 0.1) is 26.4 Å². The van der Waals surface area contributed by atoms with Crippen molar-refractivity contribution in [3.05, 3.63) is 23.8 Å². The van der Waals surface area contributed by atoms with Crippen molar-refractivity contribution in [3.8, 4) is 11.5 Å². The van der Waals surface area contributed by atoms with Crippen molar-refractivity contribution in [1.82, 2.24) is 0 Å². The van der Waals surface area contributed by atoms with Gasteiger partial charge >= 0.3 is 0 Å². The molecule has 0 radical (unpaired) electrons. The van der Waals surface area contributed by atoms with E-state index in [1.807, 2.05) is 13.0 Å². The van der Waals surface area contributed by atoms with Gasteiger partial charge in [0, 0.05) is 11.6 Å². The van der Waals surface area contributed by atoms with Crippen LogP contribution in [0.5, 0.6) is 11.5 Å². The predicted molar refractivity (Wildman–Crippen MR) is 62.8 cm³/mol. The molecule has 0 aliphatic carbocycles. The summed E-state index contributed by atoms with van der Waals surface area (Å²) in [5.74, 6) is 1.35. The molecule has 0 aliphatic rings. The summed E-state index contributed by atoms with van der Waals surface area (Å²) in [5.41, 5.74) is 6.74. The van der Waals surface area contributed by atoms with Crippen LogP contribution in [0.4, 0.5) is 0 Å². The van der Waals surface area contributed by atoms with E-state index in [1.54, 1.807) is 26.4 Å². The molecule has 0 saturated heterocycles. The number of benzene rings is 1. The van der Waals surface area contributed by atoms with Crippen LogP contribution in [0.2, 0.25) is 0 Å². The Kier molecular flexibility index (Phi) is 4.58. The van der Waals surface area contributed by atoms with Crippen LogP contribution in [-0.2, 0) is 0 Å². The number of methoxy groups -OCH3 is 2. The highest BCUT2D eigenvalue weighted by Gasteiger charge is 2.19. The number of aliphatic hydroxyl groups excluding tert-OH is 1. The highest BCUT2D eigenvalue weighted by molar-refractivity contribution is 5.42. The van der Waals surface area contributed by atoms with Gasteiger partial charge in [-0.25, -0.2) is 0 Å². The van der Waals surface area contributed by atoms with Gasteiger partial charge in [-0.2, -0.15) is 0 Å². The highest BCUT2D eigenvalue weighted by Crippen LogP contribution is 2.30. The fourth-order valence-corrected chi connectivity index (χ4v) is 1.56. The minimum absolute atomic E-state index is 0.439. The van der Waals surface area contributed by atoms with Crippen LogP contribution in [0.1, 0.15) is 24.9 Å². The summed E-state index contributed by atoms with van der Waals surface area (Å²) in [4.78, 5) is 0. The fourth-order valence-electron chi connectivity index (χ4n) is 1.56. The lowest BCUT2D eigenvalue weighted by molar-refractivity contribution is 0.139. The first-order chi connectivity index (χ1) is 7.63. The zero-order chi connectivity index (χ0) is 12.1. The molecule has 0 saturated carbocycles. The molecule has 2 atom stereocenters. The average Bonchev–Trinajstić information content (AvgIpc) is 2.35. The lowest BCUT2D eigenvalue weighted by Gasteiger charge is -2.20. The SMILES string of the molecule is CC[C@H](O)[C@H](N)c1ccc(OC)cc1OC. The van der Waals surface area contributed by atoms with Gasteiger partial charge < -0.3 is 20.3 Å². The second kappa shape index (κ2) is 5.72. The zero-order valence-electron chi connectivity index (χ0n) is 9.93. The van der Waals surface area contributed by atoms with Crippen LogP contribution in [0.15, 0.2) is 18.2 Å². The summed E-state index contributed by atoms with van der Waals surface area (Å²) < 4.78 is 10.3. The van der Waals surface area contributed by atoms with Gasteiger partial charge in [0.1, 0.15) is 11.5 Å². The molecule has 0 aliphatic heterocycles. The Hall–Kier alpha value is -1.26. The fraction of sp³-hybridized carbons (Fsp3) is 0.500. The summed E-state index contributed by atoms with van der Waals surface area (Å²) in [7, 11) is 3.17. The van der Waals surface area contributed by atoms with Gasteiger partial charge in [0.15, 0.2) is 0 Å². The van der Waals surface area contributed by atoms with Gasteiger partial charge in [0.25, 0.3) is 0 Å². The van der Waals surface area contributed by atoms with Crippen molar-refractivity contribution in [1.29, 1.82) is 0 Å². The molecule has 0 amide bonds. The Balaban J connectivity index is 3.03. The molecular weight excluding hydrogens is 206 g/mol. The van der Waals surface area contributed by atoms with Crippen LogP contribution in [0.25, 0.3) is 0 Å². The topological polar surface area (TPSA) is 64.7 Å². The van der Waals surface area contributed by atoms with Crippen molar-refractivity contribution in [2.24, 2.45) is 5.73 Å². The summed E-state index contributed by atoms with van der Waals surface area (Å²) >= 11 is 0. The molecular formula is C12H19NO3. The van der Waals surface area contributed by atoms with Gasteiger partial charge in [-0.05, 0) is 18.6 Å². The van der Waals surface area contributed by atoms with Gasteiger partial charge in [-0.3, -0.25) is 0 Å². The molecule has 4 nitrogen and oxygen atoms in total. The number of hydrogen-bond donors (Lipinski definition) is 2. The van der Waals surface area contributed by atoms with Crippen molar-refractivity contribution >= 4 is 0 Å². The van der Waals surface area contributed by atoms with E-state index in [2.05, 4.69) is 0 Å². The van der Waals surface area contributed by atoms with E-state index < -0.39 is 12.1 Å². The lowest BCUT2D eigenvalue weighted by Crippen LogP contribution is -2.25. The first kappa shape index (κ1) is 12.8. The number of aliphatic hydroxyl groups is 1. The Morgan fingerprint density at radius 3 is 2.50 bits per heavy atom. The standard InChI is InChI=1S/C12H19NO3/c1-4-10(14)12(13)9-6-5-8(15-2)7-11(9)16-3/h5-7,10,12,14H,4,13H2,1-3H3/t10-,12+/m0/s1. The van der Waals surface area contributed by atoms with E-state index >= 15 is 0 Å². The summed E-state index contributed by atoms with van der Waals surface area (Å²) in [6.07, 6.45) is 0.0402. The molecule has 4 heteroatoms. The summed E-state index contributed by atoms with van der Waals surface area (Å²) in [5, 5.41) is 9.71. The maximum atomic E-state index is 9.71. The van der Waals surface area contributed by atoms with Gasteiger partial charge in [-0.1, -0.05) is 6.92 Å². The largest absolute Gasteiger partial charge is 0.497 e. The third kappa shape index (κ3) is 2.65. The number of nitrogens with two attached hydrogens (primary N) is 1. The summed E-state index contributed by atoms with van der Waals surface area (Å²) in [6, 6.07) is 4.95. The molecule has 0 heterocycles. The number of rotatable bonds is 5. The van der Waals surface area contributed by atoms with E-state index in [1.165, 1.54) is 0 Å². The van der Waals surface area contributed by atoms with Gasteiger partial charge in [-0.15, -0.1) is 0 Å². The van der Waals surface area contributed by atoms with Crippen molar-refractivity contribution in [2.45, 2.75) is 25.5 Å². The van der Waals surface area contributed by atoms with E-state index in [4.69, 9.17) is 15.2 Å². The smallest absolute Gasteiger partial charge is 0.127 e. The molecule has 0 bridgehead atoms. The number of hydrogen-bond acceptors (Lipinski definition) is 4. The molecule has 0 spiro atoms. The monoisotopic (exact) mass is 225 g/mol. The first-order valence-electron chi connectivity index (χ1n) is 5.29. The Bertz CT molecular complexity index is 341. The van der Waals surface area contributed by atoms with E-state index in [-0.39, 0.29) is 0 Å². The lowest BCUT2D eigenvalue weighted by atomic mass is 9.99. The maximum Gasteiger partial charge on any atom is 0.127 e. The van der Waals surface area contributed by atoms with Crippen LogP contribution in [-0.4, -0.2) is 25.4 Å². The molecule has 0 fully saturated rings. The van der Waals surface area contributed by atoms with E-state index in [0.717, 1.165) is 5.56 Å². The maximum absolute atomic E-state index is 9.71. The third-order valence-electron chi connectivity index (χ3n) is 2.63. The normalized spacial score (nSPS) is 14.3. The minimum atomic E-state index is -0.567. The first-order valence-corrected chi connectivity index (χ1v) is 5.29. The van der Waals surface area contributed by atoms with Crippen molar-refractivity contribution in [3.63, 3.8) is 0 Å².